The van der Waals surface area contributed by atoms with E-state index in [1.54, 1.807) is 6.20 Å². The number of aromatic amines is 1. The van der Waals surface area contributed by atoms with Crippen LogP contribution in [0.2, 0.25) is 0 Å². The first-order valence-corrected chi connectivity index (χ1v) is 6.46. The molecule has 6 heteroatoms. The second-order valence-corrected chi connectivity index (χ2v) is 4.26. The molecule has 6 nitrogen and oxygen atoms in total. The van der Waals surface area contributed by atoms with Gasteiger partial charge in [-0.15, -0.1) is 0 Å². The van der Waals surface area contributed by atoms with Crippen molar-refractivity contribution in [2.45, 2.75) is 39.3 Å². The molecule has 0 spiro atoms. The van der Waals surface area contributed by atoms with Gasteiger partial charge in [0.2, 0.25) is 0 Å². The van der Waals surface area contributed by atoms with Gasteiger partial charge in [-0.3, -0.25) is 0 Å². The maximum Gasteiger partial charge on any atom is 0.132 e. The van der Waals surface area contributed by atoms with Crippen LogP contribution < -0.4 is 5.32 Å². The molecule has 0 amide bonds. The topological polar surface area (TPSA) is 71.4 Å². The van der Waals surface area contributed by atoms with Crippen LogP contribution in [-0.4, -0.2) is 31.5 Å². The first-order valence-electron chi connectivity index (χ1n) is 6.46. The first kappa shape index (κ1) is 12.8. The predicted octanol–water partition coefficient (Wildman–Crippen LogP) is 1.50. The summed E-state index contributed by atoms with van der Waals surface area (Å²) in [5.41, 5.74) is 0.881. The molecular formula is C12H20N6. The zero-order valence-electron chi connectivity index (χ0n) is 10.9. The van der Waals surface area contributed by atoms with Crippen LogP contribution in [0.25, 0.3) is 0 Å². The molecule has 0 fully saturated rings. The summed E-state index contributed by atoms with van der Waals surface area (Å²) in [4.78, 5) is 4.46. The van der Waals surface area contributed by atoms with Crippen molar-refractivity contribution in [1.82, 2.24) is 30.3 Å². The molecule has 98 valence electrons. The molecule has 0 saturated heterocycles. The maximum absolute atomic E-state index is 4.46. The minimum absolute atomic E-state index is 0.00486. The summed E-state index contributed by atoms with van der Waals surface area (Å²) in [7, 11) is 0. The number of hydrogen-bond donors (Lipinski definition) is 2. The third-order valence-electron chi connectivity index (χ3n) is 2.80. The third kappa shape index (κ3) is 2.76. The Hall–Kier alpha value is -1.69. The smallest absolute Gasteiger partial charge is 0.132 e. The second kappa shape index (κ2) is 6.30. The molecule has 0 bridgehead atoms. The zero-order chi connectivity index (χ0) is 12.8. The molecule has 0 aromatic carbocycles. The van der Waals surface area contributed by atoms with Crippen molar-refractivity contribution in [3.63, 3.8) is 0 Å². The van der Waals surface area contributed by atoms with Crippen LogP contribution in [0, 0.1) is 0 Å². The van der Waals surface area contributed by atoms with E-state index in [1.807, 2.05) is 12.4 Å². The first-order chi connectivity index (χ1) is 8.86. The second-order valence-electron chi connectivity index (χ2n) is 4.26. The Morgan fingerprint density at radius 2 is 2.28 bits per heavy atom. The van der Waals surface area contributed by atoms with E-state index in [1.165, 1.54) is 0 Å². The summed E-state index contributed by atoms with van der Waals surface area (Å²) >= 11 is 0. The number of rotatable bonds is 7. The van der Waals surface area contributed by atoms with E-state index < -0.39 is 0 Å². The van der Waals surface area contributed by atoms with Gasteiger partial charge in [-0.1, -0.05) is 13.8 Å². The molecule has 0 radical (unpaired) electrons. The van der Waals surface area contributed by atoms with Gasteiger partial charge >= 0.3 is 0 Å². The summed E-state index contributed by atoms with van der Waals surface area (Å²) in [6.45, 7) is 6.20. The number of aromatic nitrogens is 5. The van der Waals surface area contributed by atoms with Crippen LogP contribution in [0.15, 0.2) is 18.6 Å². The molecule has 0 saturated carbocycles. The minimum atomic E-state index is 0.00486. The fraction of sp³-hybridized carbons (Fsp3) is 0.583. The number of imidazole rings is 1. The molecule has 1 atom stereocenters. The summed E-state index contributed by atoms with van der Waals surface area (Å²) in [6.07, 6.45) is 7.76. The van der Waals surface area contributed by atoms with Gasteiger partial charge < -0.3 is 9.88 Å². The number of hydrogen-bond acceptors (Lipinski definition) is 4. The van der Waals surface area contributed by atoms with Gasteiger partial charge in [-0.25, -0.2) is 4.98 Å². The molecule has 18 heavy (non-hydrogen) atoms. The van der Waals surface area contributed by atoms with Gasteiger partial charge in [0, 0.05) is 18.9 Å². The van der Waals surface area contributed by atoms with E-state index >= 15 is 0 Å². The average Bonchev–Trinajstić information content (AvgIpc) is 3.02. The zero-order valence-corrected chi connectivity index (χ0v) is 10.9. The highest BCUT2D eigenvalue weighted by Crippen LogP contribution is 2.18. The number of H-pyrrole nitrogens is 1. The Kier molecular flexibility index (Phi) is 4.46. The highest BCUT2D eigenvalue weighted by Gasteiger charge is 2.20. The van der Waals surface area contributed by atoms with E-state index in [2.05, 4.69) is 44.1 Å². The molecule has 1 unspecified atom stereocenters. The molecule has 2 rings (SSSR count). The highest BCUT2D eigenvalue weighted by molar-refractivity contribution is 5.14. The van der Waals surface area contributed by atoms with Crippen LogP contribution >= 0.6 is 0 Å². The van der Waals surface area contributed by atoms with Crippen LogP contribution in [0.4, 0.5) is 0 Å². The lowest BCUT2D eigenvalue weighted by Gasteiger charge is -2.17. The highest BCUT2D eigenvalue weighted by atomic mass is 15.3. The summed E-state index contributed by atoms with van der Waals surface area (Å²) in [5, 5.41) is 14.2. The Labute approximate surface area is 107 Å². The molecule has 0 aliphatic carbocycles. The Balaban J connectivity index is 2.24. The summed E-state index contributed by atoms with van der Waals surface area (Å²) < 4.78 is 2.17. The van der Waals surface area contributed by atoms with Crippen molar-refractivity contribution < 1.29 is 0 Å². The van der Waals surface area contributed by atoms with E-state index in [9.17, 15) is 0 Å². The lowest BCUT2D eigenvalue weighted by molar-refractivity contribution is 0.521. The molecule has 2 N–H and O–H groups in total. The van der Waals surface area contributed by atoms with Gasteiger partial charge in [0.05, 0.1) is 6.20 Å². The number of nitrogens with zero attached hydrogens (tertiary/aromatic N) is 4. The third-order valence-corrected chi connectivity index (χ3v) is 2.80. The lowest BCUT2D eigenvalue weighted by Crippen LogP contribution is -2.26. The molecule has 2 aromatic rings. The van der Waals surface area contributed by atoms with E-state index in [0.717, 1.165) is 37.4 Å². The van der Waals surface area contributed by atoms with Crippen molar-refractivity contribution in [3.8, 4) is 0 Å². The fourth-order valence-electron chi connectivity index (χ4n) is 1.98. The fourth-order valence-corrected chi connectivity index (χ4v) is 1.98. The Bertz CT molecular complexity index is 447. The number of nitrogens with one attached hydrogen (secondary N) is 2. The molecule has 2 heterocycles. The summed E-state index contributed by atoms with van der Waals surface area (Å²) in [6, 6.07) is 0.00486. The predicted molar refractivity (Wildman–Crippen MR) is 69.0 cm³/mol. The standard InChI is InChI=1S/C12H20N6/c1-3-5-13-11(10-9-15-17-16-10)12-14-6-8-18(12)7-4-2/h6,8-9,11,13H,3-5,7H2,1-2H3,(H,15,16,17). The van der Waals surface area contributed by atoms with Crippen molar-refractivity contribution in [1.29, 1.82) is 0 Å². The van der Waals surface area contributed by atoms with Gasteiger partial charge in [-0.2, -0.15) is 15.4 Å². The van der Waals surface area contributed by atoms with Crippen molar-refractivity contribution in [2.75, 3.05) is 6.54 Å². The van der Waals surface area contributed by atoms with Gasteiger partial charge in [0.25, 0.3) is 0 Å². The van der Waals surface area contributed by atoms with Crippen LogP contribution in [-0.2, 0) is 6.54 Å². The SMILES string of the molecule is CCCNC(c1cn[nH]n1)c1nccn1CCC. The van der Waals surface area contributed by atoms with Gasteiger partial charge in [0.15, 0.2) is 0 Å². The molecule has 0 aliphatic heterocycles. The normalized spacial score (nSPS) is 12.8. The summed E-state index contributed by atoms with van der Waals surface area (Å²) in [5.74, 6) is 0.999. The van der Waals surface area contributed by atoms with Crippen LogP contribution in [0.1, 0.15) is 44.2 Å². The maximum atomic E-state index is 4.46. The minimum Gasteiger partial charge on any atom is -0.333 e. The molecule has 2 aromatic heterocycles. The quantitative estimate of drug-likeness (QED) is 0.779. The van der Waals surface area contributed by atoms with Crippen LogP contribution in [0.5, 0.6) is 0 Å². The van der Waals surface area contributed by atoms with Crippen molar-refractivity contribution >= 4 is 0 Å². The van der Waals surface area contributed by atoms with Gasteiger partial charge in [-0.05, 0) is 19.4 Å². The Morgan fingerprint density at radius 3 is 2.94 bits per heavy atom. The van der Waals surface area contributed by atoms with Crippen molar-refractivity contribution in [2.24, 2.45) is 0 Å². The van der Waals surface area contributed by atoms with Gasteiger partial charge in [0.1, 0.15) is 17.6 Å². The van der Waals surface area contributed by atoms with E-state index in [-0.39, 0.29) is 6.04 Å². The Morgan fingerprint density at radius 1 is 1.39 bits per heavy atom. The monoisotopic (exact) mass is 248 g/mol. The number of aryl methyl sites for hydroxylation is 1. The molecular weight excluding hydrogens is 228 g/mol. The largest absolute Gasteiger partial charge is 0.333 e. The molecule has 0 aliphatic rings. The van der Waals surface area contributed by atoms with E-state index in [4.69, 9.17) is 0 Å². The average molecular weight is 248 g/mol. The van der Waals surface area contributed by atoms with E-state index in [0.29, 0.717) is 0 Å². The van der Waals surface area contributed by atoms with Crippen molar-refractivity contribution in [3.05, 3.63) is 30.1 Å². The lowest BCUT2D eigenvalue weighted by atomic mass is 10.2. The van der Waals surface area contributed by atoms with Crippen LogP contribution in [0.3, 0.4) is 0 Å².